The summed E-state index contributed by atoms with van der Waals surface area (Å²) in [5.41, 5.74) is 1.23. The van der Waals surface area contributed by atoms with Crippen LogP contribution in [0.5, 0.6) is 11.5 Å². The third kappa shape index (κ3) is 5.28. The number of carbonyl (C=O) groups excluding carboxylic acids is 1. The van der Waals surface area contributed by atoms with E-state index in [1.54, 1.807) is 12.1 Å². The van der Waals surface area contributed by atoms with Crippen molar-refractivity contribution in [2.24, 2.45) is 0 Å². The monoisotopic (exact) mass is 431 g/mol. The number of methoxy groups -OCH3 is 1. The van der Waals surface area contributed by atoms with E-state index in [-0.39, 0.29) is 27.1 Å². The predicted molar refractivity (Wildman–Crippen MR) is 110 cm³/mol. The summed E-state index contributed by atoms with van der Waals surface area (Å²) in [7, 11) is -2.70. The number of hydrogen-bond acceptors (Lipinski definition) is 5. The van der Waals surface area contributed by atoms with Crippen LogP contribution in [0.25, 0.3) is 0 Å². The molecule has 0 aromatic heterocycles. The third-order valence-corrected chi connectivity index (χ3v) is 5.55. The smallest absolute Gasteiger partial charge is 0.339 e. The minimum atomic E-state index is -4.13. The van der Waals surface area contributed by atoms with E-state index in [2.05, 4.69) is 5.32 Å². The first kappa shape index (κ1) is 20.7. The summed E-state index contributed by atoms with van der Waals surface area (Å²) in [6, 6.07) is 19.4. The Bertz CT molecular complexity index is 1120. The first-order valence-electron chi connectivity index (χ1n) is 8.59. The molecule has 0 saturated heterocycles. The van der Waals surface area contributed by atoms with Gasteiger partial charge in [0, 0.05) is 12.1 Å². The normalized spacial score (nSPS) is 11.0. The van der Waals surface area contributed by atoms with Gasteiger partial charge in [0.25, 0.3) is 5.91 Å². The van der Waals surface area contributed by atoms with Crippen molar-refractivity contribution in [1.82, 2.24) is 5.32 Å². The molecule has 0 aliphatic carbocycles. The third-order valence-electron chi connectivity index (χ3n) is 4.01. The first-order chi connectivity index (χ1) is 13.9. The Balaban J connectivity index is 1.73. The van der Waals surface area contributed by atoms with Crippen LogP contribution in [-0.4, -0.2) is 21.4 Å². The van der Waals surface area contributed by atoms with Gasteiger partial charge in [-0.1, -0.05) is 48.0 Å². The summed E-state index contributed by atoms with van der Waals surface area (Å²) in [5.74, 6) is 0.0243. The van der Waals surface area contributed by atoms with Crippen molar-refractivity contribution in [1.29, 1.82) is 0 Å². The number of rotatable bonds is 7. The maximum Gasteiger partial charge on any atom is 0.339 e. The number of halogens is 1. The Morgan fingerprint density at radius 2 is 1.76 bits per heavy atom. The zero-order chi connectivity index (χ0) is 20.9. The molecule has 150 valence electrons. The zero-order valence-electron chi connectivity index (χ0n) is 15.5. The molecule has 29 heavy (non-hydrogen) atoms. The lowest BCUT2D eigenvalue weighted by Crippen LogP contribution is -2.22. The molecule has 3 aromatic carbocycles. The van der Waals surface area contributed by atoms with Gasteiger partial charge in [0.15, 0.2) is 0 Å². The fraction of sp³-hybridized carbons (Fsp3) is 0.0952. The first-order valence-corrected chi connectivity index (χ1v) is 10.4. The molecule has 0 aliphatic rings. The van der Waals surface area contributed by atoms with Gasteiger partial charge in [0.05, 0.1) is 12.1 Å². The van der Waals surface area contributed by atoms with E-state index in [0.717, 1.165) is 5.56 Å². The lowest BCUT2D eigenvalue weighted by atomic mass is 10.2. The second kappa shape index (κ2) is 8.98. The van der Waals surface area contributed by atoms with Crippen LogP contribution in [0.15, 0.2) is 77.7 Å². The number of benzene rings is 3. The molecule has 1 amide bonds. The molecule has 0 radical (unpaired) electrons. The highest BCUT2D eigenvalue weighted by Crippen LogP contribution is 2.28. The second-order valence-corrected chi connectivity index (χ2v) is 7.98. The topological polar surface area (TPSA) is 81.7 Å². The molecule has 0 heterocycles. The molecule has 3 aromatic rings. The quantitative estimate of drug-likeness (QED) is 0.571. The van der Waals surface area contributed by atoms with Crippen LogP contribution in [0.1, 0.15) is 15.9 Å². The van der Waals surface area contributed by atoms with Gasteiger partial charge < -0.3 is 14.2 Å². The molecular formula is C21H18ClNO5S. The Morgan fingerprint density at radius 3 is 2.45 bits per heavy atom. The van der Waals surface area contributed by atoms with Crippen molar-refractivity contribution in [3.05, 3.63) is 88.9 Å². The molecule has 3 rings (SSSR count). The van der Waals surface area contributed by atoms with Crippen molar-refractivity contribution < 1.29 is 22.1 Å². The average Bonchev–Trinajstić information content (AvgIpc) is 2.72. The molecule has 0 fully saturated rings. The highest BCUT2D eigenvalue weighted by Gasteiger charge is 2.19. The van der Waals surface area contributed by atoms with E-state index in [1.807, 2.05) is 30.3 Å². The Hall–Kier alpha value is -3.03. The lowest BCUT2D eigenvalue weighted by Gasteiger charge is -2.10. The summed E-state index contributed by atoms with van der Waals surface area (Å²) in [6.45, 7) is 0.355. The molecule has 1 N–H and O–H groups in total. The number of ether oxygens (including phenoxy) is 1. The van der Waals surface area contributed by atoms with Crippen LogP contribution in [0, 0.1) is 0 Å². The largest absolute Gasteiger partial charge is 0.495 e. The minimum Gasteiger partial charge on any atom is -0.495 e. The van der Waals surface area contributed by atoms with Crippen molar-refractivity contribution >= 4 is 27.6 Å². The van der Waals surface area contributed by atoms with Crippen LogP contribution in [0.2, 0.25) is 5.02 Å². The Kier molecular flexibility index (Phi) is 6.41. The summed E-state index contributed by atoms with van der Waals surface area (Å²) in [6.07, 6.45) is 0. The van der Waals surface area contributed by atoms with Gasteiger partial charge >= 0.3 is 10.1 Å². The fourth-order valence-corrected chi connectivity index (χ4v) is 3.82. The van der Waals surface area contributed by atoms with Crippen molar-refractivity contribution in [3.63, 3.8) is 0 Å². The number of nitrogens with one attached hydrogen (secondary N) is 1. The molecule has 0 spiro atoms. The molecule has 0 unspecified atom stereocenters. The number of amides is 1. The summed E-state index contributed by atoms with van der Waals surface area (Å²) < 4.78 is 35.2. The predicted octanol–water partition coefficient (Wildman–Crippen LogP) is 4.05. The van der Waals surface area contributed by atoms with Crippen LogP contribution in [-0.2, 0) is 16.7 Å². The SMILES string of the molecule is COc1ccc(S(=O)(=O)Oc2cccc(C(=O)NCc3ccccc3)c2)cc1Cl. The molecule has 6 nitrogen and oxygen atoms in total. The van der Waals surface area contributed by atoms with E-state index >= 15 is 0 Å². The second-order valence-electron chi connectivity index (χ2n) is 6.03. The standard InChI is InChI=1S/C21H18ClNO5S/c1-27-20-11-10-18(13-19(20)22)29(25,26)28-17-9-5-8-16(12-17)21(24)23-14-15-6-3-2-4-7-15/h2-13H,14H2,1H3,(H,23,24). The van der Waals surface area contributed by atoms with Gasteiger partial charge in [-0.3, -0.25) is 4.79 Å². The van der Waals surface area contributed by atoms with Crippen LogP contribution in [0.4, 0.5) is 0 Å². The molecule has 0 aliphatic heterocycles. The molecule has 0 atom stereocenters. The zero-order valence-corrected chi connectivity index (χ0v) is 17.0. The maximum absolute atomic E-state index is 12.5. The minimum absolute atomic E-state index is 0.0179. The number of carbonyl (C=O) groups is 1. The fourth-order valence-electron chi connectivity index (χ4n) is 2.55. The average molecular weight is 432 g/mol. The van der Waals surface area contributed by atoms with E-state index < -0.39 is 10.1 Å². The van der Waals surface area contributed by atoms with Crippen LogP contribution >= 0.6 is 11.6 Å². The van der Waals surface area contributed by atoms with Crippen molar-refractivity contribution in [2.45, 2.75) is 11.4 Å². The van der Waals surface area contributed by atoms with Crippen LogP contribution in [0.3, 0.4) is 0 Å². The highest BCUT2D eigenvalue weighted by atomic mass is 35.5. The summed E-state index contributed by atoms with van der Waals surface area (Å²) >= 11 is 5.99. The van der Waals surface area contributed by atoms with E-state index in [9.17, 15) is 13.2 Å². The van der Waals surface area contributed by atoms with Crippen LogP contribution < -0.4 is 14.2 Å². The summed E-state index contributed by atoms with van der Waals surface area (Å²) in [4.78, 5) is 12.3. The number of hydrogen-bond donors (Lipinski definition) is 1. The van der Waals surface area contributed by atoms with E-state index in [1.165, 1.54) is 37.4 Å². The Morgan fingerprint density at radius 1 is 1.00 bits per heavy atom. The maximum atomic E-state index is 12.5. The van der Waals surface area contributed by atoms with Gasteiger partial charge in [0.2, 0.25) is 0 Å². The van der Waals surface area contributed by atoms with Crippen molar-refractivity contribution in [3.8, 4) is 11.5 Å². The van der Waals surface area contributed by atoms with Gasteiger partial charge in [0.1, 0.15) is 16.4 Å². The lowest BCUT2D eigenvalue weighted by molar-refractivity contribution is 0.0950. The van der Waals surface area contributed by atoms with E-state index in [0.29, 0.717) is 12.3 Å². The van der Waals surface area contributed by atoms with Gasteiger partial charge in [-0.05, 0) is 42.0 Å². The van der Waals surface area contributed by atoms with Gasteiger partial charge in [-0.25, -0.2) is 0 Å². The molecule has 8 heteroatoms. The van der Waals surface area contributed by atoms with Gasteiger partial charge in [-0.2, -0.15) is 8.42 Å². The molecule has 0 bridgehead atoms. The highest BCUT2D eigenvalue weighted by molar-refractivity contribution is 7.87. The van der Waals surface area contributed by atoms with E-state index in [4.69, 9.17) is 20.5 Å². The van der Waals surface area contributed by atoms with Crippen molar-refractivity contribution in [2.75, 3.05) is 7.11 Å². The molecule has 0 saturated carbocycles. The Labute approximate surface area is 174 Å². The summed E-state index contributed by atoms with van der Waals surface area (Å²) in [5, 5.41) is 2.93. The van der Waals surface area contributed by atoms with Gasteiger partial charge in [-0.15, -0.1) is 0 Å². The molecular weight excluding hydrogens is 414 g/mol.